The molecule has 0 saturated carbocycles. The number of rotatable bonds is 20. The molecule has 5 amide bonds. The number of carbonyl (C=O) groups is 6. The molecule has 4 heterocycles. The molecule has 0 bridgehead atoms. The van der Waals surface area contributed by atoms with Crippen molar-refractivity contribution < 1.29 is 66.5 Å². The minimum atomic E-state index is -1.68. The molecule has 2 saturated heterocycles. The number of aromatic nitrogens is 2. The summed E-state index contributed by atoms with van der Waals surface area (Å²) in [5.74, 6) is -1.74. The van der Waals surface area contributed by atoms with E-state index in [2.05, 4.69) is 36.6 Å². The number of ether oxygens (including phenoxy) is 6. The molecular formula is C53H61ClN8O14S. The lowest BCUT2D eigenvalue weighted by Gasteiger charge is -2.37. The monoisotopic (exact) mass is 1100 g/mol. The van der Waals surface area contributed by atoms with Crippen molar-refractivity contribution in [3.8, 4) is 23.0 Å². The average Bonchev–Trinajstić information content (AvgIpc) is 4.18. The topological polar surface area (TPSA) is 270 Å². The second-order valence-electron chi connectivity index (χ2n) is 20.4. The van der Waals surface area contributed by atoms with E-state index in [1.807, 2.05) is 48.5 Å². The molecule has 2 aliphatic heterocycles. The molecule has 24 heteroatoms. The smallest absolute Gasteiger partial charge is 0.413 e. The first-order valence-electron chi connectivity index (χ1n) is 24.3. The lowest BCUT2D eigenvalue weighted by Crippen LogP contribution is -2.72. The number of benzene rings is 3. The van der Waals surface area contributed by atoms with Crippen LogP contribution in [0.5, 0.6) is 23.0 Å². The summed E-state index contributed by atoms with van der Waals surface area (Å²) >= 11 is 7.95. The number of amides is 5. The minimum Gasteiger partial charge on any atom is -0.497 e. The molecule has 2 fully saturated rings. The van der Waals surface area contributed by atoms with Crippen LogP contribution in [0.2, 0.25) is 5.02 Å². The van der Waals surface area contributed by atoms with E-state index in [4.69, 9.17) is 49.4 Å². The van der Waals surface area contributed by atoms with Gasteiger partial charge in [-0.15, -0.1) is 11.3 Å². The second-order valence-corrected chi connectivity index (χ2v) is 21.6. The number of nitrogens with zero attached hydrogens (tertiary/aromatic N) is 4. The Bertz CT molecular complexity index is 3000. The number of hydrogen-bond acceptors (Lipinski definition) is 18. The number of esters is 1. The molecule has 0 spiro atoms. The van der Waals surface area contributed by atoms with E-state index in [1.165, 1.54) is 25.3 Å². The van der Waals surface area contributed by atoms with E-state index in [9.17, 15) is 28.8 Å². The van der Waals surface area contributed by atoms with E-state index < -0.39 is 64.4 Å². The number of nitrogens with one attached hydrogen (secondary N) is 4. The van der Waals surface area contributed by atoms with Crippen LogP contribution in [0.1, 0.15) is 111 Å². The van der Waals surface area contributed by atoms with Crippen molar-refractivity contribution in [2.45, 2.75) is 110 Å². The van der Waals surface area contributed by atoms with Gasteiger partial charge in [0, 0.05) is 37.0 Å². The van der Waals surface area contributed by atoms with E-state index in [1.54, 1.807) is 72.8 Å². The van der Waals surface area contributed by atoms with Gasteiger partial charge in [0.05, 0.1) is 36.5 Å². The first-order chi connectivity index (χ1) is 36.4. The maximum atomic E-state index is 14.1. The Kier molecular flexibility index (Phi) is 17.7. The number of halogens is 1. The lowest BCUT2D eigenvalue weighted by atomic mass is 9.98. The van der Waals surface area contributed by atoms with Gasteiger partial charge in [-0.25, -0.2) is 14.6 Å². The highest BCUT2D eigenvalue weighted by atomic mass is 35.5. The molecule has 0 aliphatic carbocycles. The average molecular weight is 1100 g/mol. The van der Waals surface area contributed by atoms with Crippen molar-refractivity contribution in [1.82, 2.24) is 31.0 Å². The molecule has 1 unspecified atom stereocenters. The molecule has 3 atom stereocenters. The Morgan fingerprint density at radius 3 is 2.12 bits per heavy atom. The molecule has 5 aromatic rings. The second kappa shape index (κ2) is 24.0. The van der Waals surface area contributed by atoms with Crippen LogP contribution < -0.4 is 40.2 Å². The molecule has 7 rings (SSSR count). The third-order valence-corrected chi connectivity index (χ3v) is 12.8. The zero-order valence-electron chi connectivity index (χ0n) is 44.2. The van der Waals surface area contributed by atoms with Crippen LogP contribution in [0.3, 0.4) is 0 Å². The number of β-lactam (4-membered cyclic amide) rings is 1. The van der Waals surface area contributed by atoms with Crippen LogP contribution in [0.4, 0.5) is 9.93 Å². The molecule has 2 aromatic heterocycles. The van der Waals surface area contributed by atoms with Gasteiger partial charge >= 0.3 is 12.1 Å². The number of hydrogen-bond donors (Lipinski definition) is 4. The van der Waals surface area contributed by atoms with Crippen molar-refractivity contribution in [1.29, 1.82) is 0 Å². The predicted molar refractivity (Wildman–Crippen MR) is 282 cm³/mol. The summed E-state index contributed by atoms with van der Waals surface area (Å²) in [7, 11) is 3.17. The maximum absolute atomic E-state index is 14.1. The SMILES string of the molecule is COc1ccc(COc2ccc(C(=O)N3CC[C@@H](c4cc(C(=O)NC[C@@H]5NC(=O)C5NC(=O)/C(=N\OC(C)(C)C(=O)OC(C)(C)C)c5csc(NC(=O)OC(C)(C)C)n5)on4)C3)c(Cl)c2OCc2ccc(OC)cc2)cc1. The van der Waals surface area contributed by atoms with Crippen molar-refractivity contribution in [2.75, 3.05) is 39.2 Å². The third kappa shape index (κ3) is 14.9. The summed E-state index contributed by atoms with van der Waals surface area (Å²) in [6.07, 6.45) is -0.285. The van der Waals surface area contributed by atoms with E-state index >= 15 is 0 Å². The fraction of sp³-hybridized carbons (Fsp3) is 0.415. The molecule has 77 heavy (non-hydrogen) atoms. The molecule has 410 valence electrons. The Morgan fingerprint density at radius 1 is 0.870 bits per heavy atom. The van der Waals surface area contributed by atoms with Gasteiger partial charge in [0.25, 0.3) is 17.7 Å². The molecule has 0 radical (unpaired) electrons. The summed E-state index contributed by atoms with van der Waals surface area (Å²) in [4.78, 5) is 91.2. The summed E-state index contributed by atoms with van der Waals surface area (Å²) < 4.78 is 39.2. The van der Waals surface area contributed by atoms with E-state index in [0.29, 0.717) is 35.9 Å². The van der Waals surface area contributed by atoms with Crippen molar-refractivity contribution in [3.05, 3.63) is 111 Å². The van der Waals surface area contributed by atoms with Crippen LogP contribution in [0, 0.1) is 0 Å². The van der Waals surface area contributed by atoms with E-state index in [-0.39, 0.29) is 71.0 Å². The lowest BCUT2D eigenvalue weighted by molar-refractivity contribution is -0.179. The number of thiazole rings is 1. The minimum absolute atomic E-state index is 0.0546. The standard InChI is InChI=1S/C53H61ClN8O14S/c1-51(2,3)73-48(67)53(7,8)76-61-42(37-28-77-49(57-37)59-50(68)74-52(4,5)6)46(65)58-41-36(56-45(41)64)24-55-44(63)39-23-35(60-75-39)31-21-22-62(25-31)47(66)34-19-20-38(71-26-29-11-15-32(69-9)16-12-29)43(40(34)54)72-27-30-13-17-33(70-10)18-14-30/h11-20,23,28,31,36,41H,21-22,24-27H2,1-10H3,(H,55,63)(H,56,64)(H,58,65)(H,57,59,68)/b61-42-/t31-,36+,41?/m1/s1. The summed E-state index contributed by atoms with van der Waals surface area (Å²) in [5, 5.41) is 20.1. The first kappa shape index (κ1) is 56.8. The highest BCUT2D eigenvalue weighted by molar-refractivity contribution is 7.14. The molecule has 3 aromatic carbocycles. The zero-order chi connectivity index (χ0) is 55.8. The fourth-order valence-corrected chi connectivity index (χ4v) is 8.54. The van der Waals surface area contributed by atoms with Gasteiger partial charge in [0.1, 0.15) is 47.7 Å². The highest BCUT2D eigenvalue weighted by Gasteiger charge is 2.42. The number of carbonyl (C=O) groups excluding carboxylic acids is 6. The van der Waals surface area contributed by atoms with Crippen molar-refractivity contribution >= 4 is 69.5 Å². The van der Waals surface area contributed by atoms with Gasteiger partial charge in [-0.3, -0.25) is 24.5 Å². The number of anilines is 1. The van der Waals surface area contributed by atoms with Crippen LogP contribution in [-0.2, 0) is 41.9 Å². The van der Waals surface area contributed by atoms with Gasteiger partial charge in [0.15, 0.2) is 22.3 Å². The Morgan fingerprint density at radius 2 is 1.51 bits per heavy atom. The Hall–Kier alpha value is -7.92. The molecule has 2 aliphatic rings. The molecule has 4 N–H and O–H groups in total. The highest BCUT2D eigenvalue weighted by Crippen LogP contribution is 2.40. The van der Waals surface area contributed by atoms with Crippen molar-refractivity contribution in [3.63, 3.8) is 0 Å². The van der Waals surface area contributed by atoms with Gasteiger partial charge in [-0.1, -0.05) is 46.2 Å². The van der Waals surface area contributed by atoms with Crippen LogP contribution in [-0.4, -0.2) is 119 Å². The van der Waals surface area contributed by atoms with Gasteiger partial charge in [0.2, 0.25) is 17.3 Å². The van der Waals surface area contributed by atoms with Crippen LogP contribution >= 0.6 is 22.9 Å². The predicted octanol–water partition coefficient (Wildman–Crippen LogP) is 7.19. The van der Waals surface area contributed by atoms with Crippen molar-refractivity contribution in [2.24, 2.45) is 5.16 Å². The molecule has 22 nitrogen and oxygen atoms in total. The largest absolute Gasteiger partial charge is 0.497 e. The Balaban J connectivity index is 0.976. The normalized spacial score (nSPS) is 16.6. The number of methoxy groups -OCH3 is 2. The Labute approximate surface area is 453 Å². The number of oxime groups is 1. The van der Waals surface area contributed by atoms with E-state index in [0.717, 1.165) is 22.5 Å². The molecular weight excluding hydrogens is 1040 g/mol. The maximum Gasteiger partial charge on any atom is 0.413 e. The van der Waals surface area contributed by atoms with Crippen LogP contribution in [0.15, 0.2) is 81.8 Å². The quantitative estimate of drug-likeness (QED) is 0.0260. The van der Waals surface area contributed by atoms with Gasteiger partial charge in [-0.2, -0.15) is 0 Å². The summed E-state index contributed by atoms with van der Waals surface area (Å²) in [6, 6.07) is 17.5. The number of likely N-dealkylation sites (tertiary alicyclic amines) is 1. The van der Waals surface area contributed by atoms with Gasteiger partial charge < -0.3 is 58.6 Å². The zero-order valence-corrected chi connectivity index (χ0v) is 45.8. The summed E-state index contributed by atoms with van der Waals surface area (Å²) in [5.41, 5.74) is -1.50. The fourth-order valence-electron chi connectivity index (χ4n) is 7.57. The third-order valence-electron chi connectivity index (χ3n) is 11.6. The summed E-state index contributed by atoms with van der Waals surface area (Å²) in [6.45, 7) is 13.7. The first-order valence-corrected chi connectivity index (χ1v) is 25.6. The van der Waals surface area contributed by atoms with Crippen LogP contribution in [0.25, 0.3) is 0 Å². The van der Waals surface area contributed by atoms with Gasteiger partial charge in [-0.05, 0) is 109 Å².